The number of fused-ring (bicyclic) bond motifs is 1. The Morgan fingerprint density at radius 1 is 0.705 bits per heavy atom. The van der Waals surface area contributed by atoms with Crippen LogP contribution in [0.15, 0.2) is 143 Å². The maximum atomic E-state index is 13.3. The van der Waals surface area contributed by atoms with Crippen LogP contribution in [0.2, 0.25) is 0 Å². The van der Waals surface area contributed by atoms with Crippen LogP contribution < -0.4 is 43.1 Å². The second-order valence-electron chi connectivity index (χ2n) is 10.7. The van der Waals surface area contributed by atoms with Crippen LogP contribution in [0.4, 0.5) is 0 Å². The molecule has 0 aliphatic carbocycles. The van der Waals surface area contributed by atoms with E-state index in [1.807, 2.05) is 12.1 Å². The number of benzene rings is 5. The molecule has 5 aromatic carbocycles. The van der Waals surface area contributed by atoms with Crippen LogP contribution in [0, 0.1) is 0 Å². The van der Waals surface area contributed by atoms with E-state index in [9.17, 15) is 9.90 Å². The summed E-state index contributed by atoms with van der Waals surface area (Å²) in [6, 6.07) is 44.3. The number of halogens is 1. The van der Waals surface area contributed by atoms with Crippen molar-refractivity contribution in [3.05, 3.63) is 149 Å². The molecule has 44 heavy (non-hydrogen) atoms. The number of hydrogen-bond acceptors (Lipinski definition) is 4. The van der Waals surface area contributed by atoms with Crippen LogP contribution in [0.3, 0.4) is 0 Å². The van der Waals surface area contributed by atoms with E-state index in [0.29, 0.717) is 10.9 Å². The average molecular weight is 666 g/mol. The van der Waals surface area contributed by atoms with Crippen molar-refractivity contribution in [2.75, 3.05) is 13.3 Å². The van der Waals surface area contributed by atoms with Gasteiger partial charge in [-0.15, -0.1) is 0 Å². The van der Waals surface area contributed by atoms with Crippen molar-refractivity contribution in [2.24, 2.45) is 0 Å². The number of hydrogen-bond donors (Lipinski definition) is 1. The second-order valence-corrected chi connectivity index (χ2v) is 14.3. The molecule has 0 spiro atoms. The van der Waals surface area contributed by atoms with Gasteiger partial charge in [-0.25, -0.2) is 0 Å². The summed E-state index contributed by atoms with van der Waals surface area (Å²) in [4.78, 5) is 13.3. The molecule has 0 fully saturated rings. The lowest BCUT2D eigenvalue weighted by Gasteiger charge is -2.27. The predicted octanol–water partition coefficient (Wildman–Crippen LogP) is 4.50. The normalized spacial score (nSPS) is 11.2. The first-order chi connectivity index (χ1) is 21.1. The number of aromatic hydroxyl groups is 1. The highest BCUT2D eigenvalue weighted by molar-refractivity contribution is 7.95. The van der Waals surface area contributed by atoms with Crippen LogP contribution in [0.1, 0.15) is 18.4 Å². The van der Waals surface area contributed by atoms with Gasteiger partial charge >= 0.3 is 0 Å². The third-order valence-electron chi connectivity index (χ3n) is 8.14. The average Bonchev–Trinajstić information content (AvgIpc) is 3.07. The lowest BCUT2D eigenvalue weighted by molar-refractivity contribution is -0.00000991. The molecule has 0 saturated carbocycles. The number of rotatable bonds is 10. The Balaban J connectivity index is 0.00000384. The molecule has 0 aliphatic heterocycles. The van der Waals surface area contributed by atoms with Gasteiger partial charge in [0.05, 0.1) is 24.2 Å². The zero-order chi connectivity index (χ0) is 29.6. The molecule has 0 aliphatic rings. The molecule has 6 heteroatoms. The molecule has 1 N–H and O–H groups in total. The Labute approximate surface area is 269 Å². The van der Waals surface area contributed by atoms with E-state index in [0.717, 1.165) is 31.0 Å². The molecule has 0 bridgehead atoms. The van der Waals surface area contributed by atoms with Crippen molar-refractivity contribution in [1.29, 1.82) is 0 Å². The van der Waals surface area contributed by atoms with Gasteiger partial charge in [-0.05, 0) is 78.9 Å². The topological polar surface area (TPSA) is 59.7 Å². The number of unbranched alkanes of at least 4 members (excludes halogenated alkanes) is 1. The number of phenolic OH excluding ortho intramolecular Hbond substituents is 1. The molecule has 1 heterocycles. The zero-order valence-corrected chi connectivity index (χ0v) is 27.0. The molecule has 1 aromatic heterocycles. The quantitative estimate of drug-likeness (QED) is 0.173. The molecule has 0 unspecified atom stereocenters. The van der Waals surface area contributed by atoms with E-state index >= 15 is 0 Å². The van der Waals surface area contributed by atoms with Gasteiger partial charge in [-0.3, -0.25) is 4.79 Å². The lowest BCUT2D eigenvalue weighted by atomic mass is 10.0. The largest absolute Gasteiger partial charge is 1.00 e. The number of phenols is 1. The van der Waals surface area contributed by atoms with Gasteiger partial charge in [-0.1, -0.05) is 78.9 Å². The van der Waals surface area contributed by atoms with Crippen LogP contribution in [0.5, 0.6) is 11.5 Å². The Kier molecular flexibility index (Phi) is 9.99. The molecule has 222 valence electrons. The Morgan fingerprint density at radius 2 is 1.25 bits per heavy atom. The fraction of sp³-hybridized carbons (Fsp3) is 0.132. The first kappa shape index (κ1) is 31.3. The standard InChI is InChI=1S/C38H33O4P.BrH/c1-41-38-35(39)25-24-33-36(40)34(27-42-37(33)38)29-22-20-28(21-23-29)13-11-12-26-43(30-14-5-2-6-15-30,31-16-7-3-8-17-31)32-18-9-4-10-19-32;/h2-10,14-25,27H,11-13,26H2,1H3;1H. The summed E-state index contributed by atoms with van der Waals surface area (Å²) >= 11 is 0. The summed E-state index contributed by atoms with van der Waals surface area (Å²) < 4.78 is 11.0. The first-order valence-corrected chi connectivity index (χ1v) is 16.5. The second kappa shape index (κ2) is 14.1. The van der Waals surface area contributed by atoms with Crippen LogP contribution in [-0.4, -0.2) is 18.4 Å². The van der Waals surface area contributed by atoms with Crippen LogP contribution in [0.25, 0.3) is 22.1 Å². The summed E-state index contributed by atoms with van der Waals surface area (Å²) in [6.45, 7) is 0. The summed E-state index contributed by atoms with van der Waals surface area (Å²) in [5.74, 6) is 0.0979. The maximum Gasteiger partial charge on any atom is 0.204 e. The molecular formula is C38H34BrO4P. The number of ether oxygens (including phenoxy) is 1. The van der Waals surface area contributed by atoms with Gasteiger partial charge in [0.2, 0.25) is 11.2 Å². The Morgan fingerprint density at radius 3 is 1.77 bits per heavy atom. The highest BCUT2D eigenvalue weighted by Crippen LogP contribution is 2.56. The molecule has 0 saturated heterocycles. The van der Waals surface area contributed by atoms with Crippen molar-refractivity contribution in [2.45, 2.75) is 19.3 Å². The third-order valence-corrected chi connectivity index (χ3v) is 12.7. The molecule has 0 radical (unpaired) electrons. The minimum atomic E-state index is -1.83. The molecule has 4 nitrogen and oxygen atoms in total. The summed E-state index contributed by atoms with van der Waals surface area (Å²) in [5.41, 5.74) is 2.61. The van der Waals surface area contributed by atoms with Gasteiger partial charge in [0, 0.05) is 0 Å². The number of methoxy groups -OCH3 is 1. The molecule has 6 aromatic rings. The van der Waals surface area contributed by atoms with E-state index in [-0.39, 0.29) is 39.5 Å². The lowest BCUT2D eigenvalue weighted by Crippen LogP contribution is -3.00. The third kappa shape index (κ3) is 6.08. The minimum Gasteiger partial charge on any atom is -1.00 e. The van der Waals surface area contributed by atoms with E-state index in [1.165, 1.54) is 40.9 Å². The van der Waals surface area contributed by atoms with Gasteiger partial charge in [0.25, 0.3) is 0 Å². The molecule has 6 rings (SSSR count). The fourth-order valence-corrected chi connectivity index (χ4v) is 10.4. The van der Waals surface area contributed by atoms with E-state index in [4.69, 9.17) is 9.15 Å². The van der Waals surface area contributed by atoms with Gasteiger partial charge < -0.3 is 31.2 Å². The van der Waals surface area contributed by atoms with Gasteiger partial charge in [-0.2, -0.15) is 0 Å². The molecule has 0 amide bonds. The maximum absolute atomic E-state index is 13.3. The van der Waals surface area contributed by atoms with E-state index in [1.54, 1.807) is 6.07 Å². The highest BCUT2D eigenvalue weighted by atomic mass is 79.9. The summed E-state index contributed by atoms with van der Waals surface area (Å²) in [5, 5.41) is 14.7. The van der Waals surface area contributed by atoms with Crippen LogP contribution >= 0.6 is 7.26 Å². The predicted molar refractivity (Wildman–Crippen MR) is 179 cm³/mol. The smallest absolute Gasteiger partial charge is 0.204 e. The molecule has 0 atom stereocenters. The summed E-state index contributed by atoms with van der Waals surface area (Å²) in [7, 11) is -0.389. The number of aryl methyl sites for hydroxylation is 1. The van der Waals surface area contributed by atoms with Crippen molar-refractivity contribution in [3.63, 3.8) is 0 Å². The van der Waals surface area contributed by atoms with E-state index in [2.05, 4.69) is 103 Å². The first-order valence-electron chi connectivity index (χ1n) is 14.6. The fourth-order valence-electron chi connectivity index (χ4n) is 5.97. The monoisotopic (exact) mass is 664 g/mol. The summed E-state index contributed by atoms with van der Waals surface area (Å²) in [6.07, 6.45) is 5.66. The Bertz CT molecular complexity index is 1780. The SMILES string of the molecule is COc1c(O)ccc2c(=O)c(-c3ccc(CCCC[P+](c4ccccc4)(c4ccccc4)c4ccccc4)cc3)coc12.[Br-]. The van der Waals surface area contributed by atoms with E-state index < -0.39 is 7.26 Å². The van der Waals surface area contributed by atoms with Gasteiger partial charge in [0.15, 0.2) is 11.3 Å². The van der Waals surface area contributed by atoms with Crippen molar-refractivity contribution < 1.29 is 31.2 Å². The van der Waals surface area contributed by atoms with Crippen LogP contribution in [-0.2, 0) is 6.42 Å². The highest BCUT2D eigenvalue weighted by Gasteiger charge is 2.44. The van der Waals surface area contributed by atoms with Gasteiger partial charge in [0.1, 0.15) is 29.4 Å². The zero-order valence-electron chi connectivity index (χ0n) is 24.5. The van der Waals surface area contributed by atoms with Crippen molar-refractivity contribution in [1.82, 2.24) is 0 Å². The molecular weight excluding hydrogens is 631 g/mol. The van der Waals surface area contributed by atoms with Crippen molar-refractivity contribution in [3.8, 4) is 22.6 Å². The minimum absolute atomic E-state index is 0. The Hall–Kier alpha value is -4.18. The van der Waals surface area contributed by atoms with Crippen molar-refractivity contribution >= 4 is 34.1 Å².